The van der Waals surface area contributed by atoms with Crippen molar-refractivity contribution in [3.63, 3.8) is 0 Å². The molecule has 2 atom stereocenters. The molecule has 0 unspecified atom stereocenters. The van der Waals surface area contributed by atoms with E-state index in [2.05, 4.69) is 53.3 Å². The van der Waals surface area contributed by atoms with Gasteiger partial charge in [0.25, 0.3) is 5.56 Å². The number of nitrogens with zero attached hydrogens (tertiary/aromatic N) is 2. The van der Waals surface area contributed by atoms with Gasteiger partial charge in [-0.3, -0.25) is 9.89 Å². The molecule has 1 aromatic heterocycles. The largest absolute Gasteiger partial charge is 0.375 e. The standard InChI is InChI=1S/C28H33N3O/c1-21-26(28(32)31(29-21)23-15-7-3-8-16-23)27(22-13-5-2-6-14-22)24-17-9-10-18-25(24)30-19-11-4-12-20-30/h2-3,5-8,13-16,18,24,27,29H,4,9-12,17,19-20H2,1H3/t24-,27-/m0/s1. The Hall–Kier alpha value is -3.01. The van der Waals surface area contributed by atoms with Gasteiger partial charge >= 0.3 is 0 Å². The molecule has 0 spiro atoms. The summed E-state index contributed by atoms with van der Waals surface area (Å²) in [6, 6.07) is 20.6. The molecule has 1 aliphatic heterocycles. The Balaban J connectivity index is 1.63. The SMILES string of the molecule is Cc1[nH]n(-c2ccccc2)c(=O)c1[C@@H](c1ccccc1)[C@H]1CCCC=C1N1CCCCC1. The number of benzene rings is 2. The third-order valence-electron chi connectivity index (χ3n) is 7.18. The fourth-order valence-electron chi connectivity index (χ4n) is 5.69. The summed E-state index contributed by atoms with van der Waals surface area (Å²) < 4.78 is 1.72. The Bertz CT molecular complexity index is 1120. The summed E-state index contributed by atoms with van der Waals surface area (Å²) in [5, 5.41) is 3.38. The number of H-pyrrole nitrogens is 1. The number of aromatic nitrogens is 2. The Morgan fingerprint density at radius 1 is 0.906 bits per heavy atom. The number of likely N-dealkylation sites (tertiary alicyclic amines) is 1. The predicted molar refractivity (Wildman–Crippen MR) is 130 cm³/mol. The monoisotopic (exact) mass is 427 g/mol. The van der Waals surface area contributed by atoms with Crippen molar-refractivity contribution in [2.24, 2.45) is 5.92 Å². The van der Waals surface area contributed by atoms with Gasteiger partial charge in [0.15, 0.2) is 0 Å². The predicted octanol–water partition coefficient (Wildman–Crippen LogP) is 5.78. The topological polar surface area (TPSA) is 41.0 Å². The van der Waals surface area contributed by atoms with Crippen LogP contribution in [0.1, 0.15) is 61.3 Å². The molecule has 0 bridgehead atoms. The number of rotatable bonds is 5. The number of hydrogen-bond acceptors (Lipinski definition) is 2. The van der Waals surface area contributed by atoms with Crippen LogP contribution in [-0.2, 0) is 0 Å². The number of aromatic amines is 1. The summed E-state index contributed by atoms with van der Waals surface area (Å²) in [5.41, 5.74) is 5.55. The van der Waals surface area contributed by atoms with Gasteiger partial charge in [-0.25, -0.2) is 4.68 Å². The van der Waals surface area contributed by atoms with E-state index in [4.69, 9.17) is 0 Å². The van der Waals surface area contributed by atoms with Crippen LogP contribution in [0, 0.1) is 12.8 Å². The van der Waals surface area contributed by atoms with Crippen molar-refractivity contribution in [2.45, 2.75) is 51.4 Å². The molecule has 4 nitrogen and oxygen atoms in total. The summed E-state index contributed by atoms with van der Waals surface area (Å²) in [7, 11) is 0. The van der Waals surface area contributed by atoms with Gasteiger partial charge in [0.05, 0.1) is 5.69 Å². The second kappa shape index (κ2) is 9.23. The fourth-order valence-corrected chi connectivity index (χ4v) is 5.69. The second-order valence-corrected chi connectivity index (χ2v) is 9.23. The van der Waals surface area contributed by atoms with Gasteiger partial charge in [-0.15, -0.1) is 0 Å². The van der Waals surface area contributed by atoms with Crippen LogP contribution in [0.2, 0.25) is 0 Å². The lowest BCUT2D eigenvalue weighted by Crippen LogP contribution is -2.36. The first-order valence-corrected chi connectivity index (χ1v) is 12.1. The zero-order valence-corrected chi connectivity index (χ0v) is 19.0. The smallest absolute Gasteiger partial charge is 0.275 e. The maximum atomic E-state index is 13.8. The number of nitrogens with one attached hydrogen (secondary N) is 1. The first-order chi connectivity index (χ1) is 15.7. The number of piperidine rings is 1. The summed E-state index contributed by atoms with van der Waals surface area (Å²) in [6.45, 7) is 4.34. The number of aryl methyl sites for hydroxylation is 1. The Morgan fingerprint density at radius 3 is 2.31 bits per heavy atom. The van der Waals surface area contributed by atoms with Gasteiger partial charge in [-0.2, -0.15) is 0 Å². The van der Waals surface area contributed by atoms with Crippen LogP contribution in [0.25, 0.3) is 5.69 Å². The molecular weight excluding hydrogens is 394 g/mol. The van der Waals surface area contributed by atoms with Crippen LogP contribution in [0.5, 0.6) is 0 Å². The van der Waals surface area contributed by atoms with Gasteiger partial charge in [0, 0.05) is 41.9 Å². The van der Waals surface area contributed by atoms with Gasteiger partial charge in [0.2, 0.25) is 0 Å². The van der Waals surface area contributed by atoms with Gasteiger partial charge in [0.1, 0.15) is 0 Å². The molecule has 2 heterocycles. The Kier molecular flexibility index (Phi) is 6.02. The molecule has 166 valence electrons. The number of allylic oxidation sites excluding steroid dienone is 2. The molecule has 32 heavy (non-hydrogen) atoms. The van der Waals surface area contributed by atoms with E-state index in [-0.39, 0.29) is 11.5 Å². The van der Waals surface area contributed by atoms with Crippen molar-refractivity contribution >= 4 is 0 Å². The minimum Gasteiger partial charge on any atom is -0.375 e. The Morgan fingerprint density at radius 2 is 1.59 bits per heavy atom. The normalized spacial score (nSPS) is 20.1. The molecule has 1 saturated heterocycles. The van der Waals surface area contributed by atoms with Crippen LogP contribution in [-0.4, -0.2) is 27.8 Å². The highest BCUT2D eigenvalue weighted by atomic mass is 16.1. The summed E-state index contributed by atoms with van der Waals surface area (Å²) in [6.07, 6.45) is 9.78. The van der Waals surface area contributed by atoms with E-state index in [0.29, 0.717) is 5.92 Å². The van der Waals surface area contributed by atoms with E-state index in [1.165, 1.54) is 36.9 Å². The summed E-state index contributed by atoms with van der Waals surface area (Å²) >= 11 is 0. The molecule has 3 aromatic rings. The van der Waals surface area contributed by atoms with Crippen molar-refractivity contribution in [1.82, 2.24) is 14.7 Å². The summed E-state index contributed by atoms with van der Waals surface area (Å²) in [4.78, 5) is 16.4. The van der Waals surface area contributed by atoms with E-state index < -0.39 is 0 Å². The van der Waals surface area contributed by atoms with Crippen molar-refractivity contribution in [3.05, 3.63) is 99.6 Å². The van der Waals surface area contributed by atoms with E-state index >= 15 is 0 Å². The molecule has 2 aromatic carbocycles. The quantitative estimate of drug-likeness (QED) is 0.561. The van der Waals surface area contributed by atoms with Crippen molar-refractivity contribution in [3.8, 4) is 5.69 Å². The maximum absolute atomic E-state index is 13.8. The highest BCUT2D eigenvalue weighted by molar-refractivity contribution is 5.40. The van der Waals surface area contributed by atoms with E-state index in [9.17, 15) is 4.79 Å². The molecule has 2 aliphatic rings. The van der Waals surface area contributed by atoms with E-state index in [0.717, 1.165) is 42.9 Å². The van der Waals surface area contributed by atoms with Crippen LogP contribution < -0.4 is 5.56 Å². The maximum Gasteiger partial charge on any atom is 0.275 e. The zero-order valence-electron chi connectivity index (χ0n) is 19.0. The molecule has 1 N–H and O–H groups in total. The second-order valence-electron chi connectivity index (χ2n) is 9.23. The van der Waals surface area contributed by atoms with Crippen molar-refractivity contribution in [1.29, 1.82) is 0 Å². The number of para-hydroxylation sites is 1. The van der Waals surface area contributed by atoms with E-state index in [1.54, 1.807) is 4.68 Å². The van der Waals surface area contributed by atoms with Gasteiger partial charge in [-0.05, 0) is 63.1 Å². The molecule has 0 radical (unpaired) electrons. The minimum atomic E-state index is 0.0541. The van der Waals surface area contributed by atoms with Crippen LogP contribution in [0.15, 0.2) is 77.2 Å². The third kappa shape index (κ3) is 3.94. The minimum absolute atomic E-state index is 0.0541. The lowest BCUT2D eigenvalue weighted by atomic mass is 9.74. The summed E-state index contributed by atoms with van der Waals surface area (Å²) in [5.74, 6) is 0.383. The molecule has 1 aliphatic carbocycles. The van der Waals surface area contributed by atoms with Crippen molar-refractivity contribution in [2.75, 3.05) is 13.1 Å². The first kappa shape index (κ1) is 20.9. The average Bonchev–Trinajstić information content (AvgIpc) is 3.15. The molecular formula is C28H33N3O. The lowest BCUT2D eigenvalue weighted by Gasteiger charge is -2.40. The molecule has 5 rings (SSSR count). The highest BCUT2D eigenvalue weighted by Gasteiger charge is 2.35. The molecule has 0 amide bonds. The average molecular weight is 428 g/mol. The van der Waals surface area contributed by atoms with Crippen molar-refractivity contribution < 1.29 is 0 Å². The van der Waals surface area contributed by atoms with E-state index in [1.807, 2.05) is 30.3 Å². The lowest BCUT2D eigenvalue weighted by molar-refractivity contribution is 0.234. The molecule has 4 heteroatoms. The number of hydrogen-bond donors (Lipinski definition) is 1. The van der Waals surface area contributed by atoms with Crippen LogP contribution in [0.3, 0.4) is 0 Å². The zero-order chi connectivity index (χ0) is 21.9. The molecule has 0 saturated carbocycles. The highest BCUT2D eigenvalue weighted by Crippen LogP contribution is 2.43. The van der Waals surface area contributed by atoms with Gasteiger partial charge < -0.3 is 4.90 Å². The first-order valence-electron chi connectivity index (χ1n) is 12.1. The van der Waals surface area contributed by atoms with Crippen LogP contribution in [0.4, 0.5) is 0 Å². The molecule has 1 fully saturated rings. The fraction of sp³-hybridized carbons (Fsp3) is 0.393. The Labute approximate surface area is 190 Å². The third-order valence-corrected chi connectivity index (χ3v) is 7.18. The van der Waals surface area contributed by atoms with Gasteiger partial charge in [-0.1, -0.05) is 54.6 Å². The van der Waals surface area contributed by atoms with Crippen LogP contribution >= 0.6 is 0 Å².